The molecule has 1 N–H and O–H groups in total. The SMILES string of the molecule is CCc1nnc(NC(=O)CSc2nnc(CC)n2C(C)C)s1. The van der Waals surface area contributed by atoms with Crippen LogP contribution in [0.3, 0.4) is 0 Å². The first-order valence-corrected chi connectivity index (χ1v) is 9.04. The van der Waals surface area contributed by atoms with Crippen LogP contribution in [0.2, 0.25) is 0 Å². The lowest BCUT2D eigenvalue weighted by molar-refractivity contribution is -0.113. The zero-order chi connectivity index (χ0) is 16.1. The van der Waals surface area contributed by atoms with Crippen molar-refractivity contribution < 1.29 is 4.79 Å². The molecule has 0 unspecified atom stereocenters. The number of aromatic nitrogens is 5. The molecular formula is C13H20N6OS2. The van der Waals surface area contributed by atoms with E-state index in [-0.39, 0.29) is 17.7 Å². The standard InChI is InChI=1S/C13H20N6OS2/c1-5-9-15-18-13(19(9)8(3)4)21-7-10(20)14-12-17-16-11(6-2)22-12/h8H,5-7H2,1-4H3,(H,14,17,20). The predicted octanol–water partition coefficient (Wildman–Crippen LogP) is 2.57. The Morgan fingerprint density at radius 2 is 2.00 bits per heavy atom. The van der Waals surface area contributed by atoms with Crippen LogP contribution in [0.25, 0.3) is 0 Å². The normalized spacial score (nSPS) is 11.1. The molecule has 0 atom stereocenters. The maximum Gasteiger partial charge on any atom is 0.236 e. The first kappa shape index (κ1) is 16.9. The van der Waals surface area contributed by atoms with Crippen molar-refractivity contribution in [2.45, 2.75) is 51.7 Å². The van der Waals surface area contributed by atoms with Crippen molar-refractivity contribution in [1.29, 1.82) is 0 Å². The number of nitrogens with one attached hydrogen (secondary N) is 1. The maximum atomic E-state index is 12.0. The average molecular weight is 340 g/mol. The van der Waals surface area contributed by atoms with E-state index in [1.165, 1.54) is 23.1 Å². The molecule has 2 aromatic heterocycles. The third kappa shape index (κ3) is 4.04. The number of carbonyl (C=O) groups excluding carboxylic acids is 1. The van der Waals surface area contributed by atoms with E-state index in [0.717, 1.165) is 28.8 Å². The Bertz CT molecular complexity index is 636. The molecule has 0 aromatic carbocycles. The molecule has 2 rings (SSSR count). The molecule has 0 saturated carbocycles. The van der Waals surface area contributed by atoms with Crippen molar-refractivity contribution in [2.75, 3.05) is 11.1 Å². The minimum absolute atomic E-state index is 0.111. The Morgan fingerprint density at radius 3 is 2.59 bits per heavy atom. The monoisotopic (exact) mass is 340 g/mol. The second-order valence-corrected chi connectivity index (χ2v) is 6.91. The van der Waals surface area contributed by atoms with Crippen LogP contribution in [0.1, 0.15) is 44.6 Å². The Balaban J connectivity index is 1.95. The van der Waals surface area contributed by atoms with E-state index in [0.29, 0.717) is 5.13 Å². The van der Waals surface area contributed by atoms with Crippen LogP contribution in [0.4, 0.5) is 5.13 Å². The fraction of sp³-hybridized carbons (Fsp3) is 0.615. The molecule has 22 heavy (non-hydrogen) atoms. The molecule has 0 radical (unpaired) electrons. The minimum atomic E-state index is -0.111. The number of nitrogens with zero attached hydrogens (tertiary/aromatic N) is 5. The van der Waals surface area contributed by atoms with E-state index >= 15 is 0 Å². The third-order valence-electron chi connectivity index (χ3n) is 2.92. The van der Waals surface area contributed by atoms with Gasteiger partial charge >= 0.3 is 0 Å². The van der Waals surface area contributed by atoms with Gasteiger partial charge in [-0.05, 0) is 20.3 Å². The lowest BCUT2D eigenvalue weighted by Gasteiger charge is -2.12. The van der Waals surface area contributed by atoms with Crippen molar-refractivity contribution in [3.05, 3.63) is 10.8 Å². The summed E-state index contributed by atoms with van der Waals surface area (Å²) >= 11 is 2.79. The van der Waals surface area contributed by atoms with Gasteiger partial charge in [-0.25, -0.2) is 0 Å². The van der Waals surface area contributed by atoms with Crippen molar-refractivity contribution in [2.24, 2.45) is 0 Å². The van der Waals surface area contributed by atoms with Gasteiger partial charge in [-0.15, -0.1) is 20.4 Å². The molecule has 0 aliphatic carbocycles. The van der Waals surface area contributed by atoms with Gasteiger partial charge in [0.2, 0.25) is 11.0 Å². The van der Waals surface area contributed by atoms with Crippen molar-refractivity contribution >= 4 is 34.1 Å². The summed E-state index contributed by atoms with van der Waals surface area (Å²) in [5, 5.41) is 21.3. The highest BCUT2D eigenvalue weighted by atomic mass is 32.2. The van der Waals surface area contributed by atoms with Gasteiger partial charge in [-0.1, -0.05) is 36.9 Å². The first-order chi connectivity index (χ1) is 10.5. The summed E-state index contributed by atoms with van der Waals surface area (Å²) in [4.78, 5) is 12.0. The molecule has 0 spiro atoms. The molecule has 0 aliphatic heterocycles. The number of thioether (sulfide) groups is 1. The zero-order valence-electron chi connectivity index (χ0n) is 13.2. The highest BCUT2D eigenvalue weighted by Crippen LogP contribution is 2.22. The van der Waals surface area contributed by atoms with Gasteiger partial charge in [0.05, 0.1) is 5.75 Å². The Hall–Kier alpha value is -1.48. The van der Waals surface area contributed by atoms with E-state index in [4.69, 9.17) is 0 Å². The van der Waals surface area contributed by atoms with E-state index in [1.54, 1.807) is 0 Å². The summed E-state index contributed by atoms with van der Waals surface area (Å²) in [6.07, 6.45) is 1.64. The second kappa shape index (κ2) is 7.68. The number of hydrogen-bond acceptors (Lipinski definition) is 7. The van der Waals surface area contributed by atoms with Gasteiger partial charge in [0, 0.05) is 12.5 Å². The van der Waals surface area contributed by atoms with Gasteiger partial charge in [0.15, 0.2) is 5.16 Å². The number of anilines is 1. The maximum absolute atomic E-state index is 12.0. The number of amides is 1. The lowest BCUT2D eigenvalue weighted by Crippen LogP contribution is -2.15. The molecule has 2 heterocycles. The highest BCUT2D eigenvalue weighted by Gasteiger charge is 2.16. The molecule has 120 valence electrons. The highest BCUT2D eigenvalue weighted by molar-refractivity contribution is 7.99. The van der Waals surface area contributed by atoms with Crippen LogP contribution < -0.4 is 5.32 Å². The summed E-state index contributed by atoms with van der Waals surface area (Å²) in [6.45, 7) is 8.22. The first-order valence-electron chi connectivity index (χ1n) is 7.23. The molecule has 0 bridgehead atoms. The third-order valence-corrected chi connectivity index (χ3v) is 4.84. The fourth-order valence-electron chi connectivity index (χ4n) is 1.90. The molecule has 7 nitrogen and oxygen atoms in total. The predicted molar refractivity (Wildman–Crippen MR) is 88.4 cm³/mol. The van der Waals surface area contributed by atoms with E-state index in [2.05, 4.69) is 44.1 Å². The largest absolute Gasteiger partial charge is 0.303 e. The van der Waals surface area contributed by atoms with E-state index in [1.807, 2.05) is 13.8 Å². The van der Waals surface area contributed by atoms with Crippen LogP contribution >= 0.6 is 23.1 Å². The van der Waals surface area contributed by atoms with Gasteiger partial charge in [-0.3, -0.25) is 10.1 Å². The second-order valence-electron chi connectivity index (χ2n) is 4.91. The summed E-state index contributed by atoms with van der Waals surface area (Å²) in [5.74, 6) is 1.10. The molecule has 1 amide bonds. The summed E-state index contributed by atoms with van der Waals surface area (Å²) < 4.78 is 2.07. The van der Waals surface area contributed by atoms with Crippen LogP contribution in [0, 0.1) is 0 Å². The van der Waals surface area contributed by atoms with Gasteiger partial charge in [0.25, 0.3) is 0 Å². The minimum Gasteiger partial charge on any atom is -0.303 e. The summed E-state index contributed by atoms with van der Waals surface area (Å²) in [5.41, 5.74) is 0. The van der Waals surface area contributed by atoms with Gasteiger partial charge < -0.3 is 4.57 Å². The van der Waals surface area contributed by atoms with E-state index in [9.17, 15) is 4.79 Å². The molecule has 9 heteroatoms. The number of hydrogen-bond donors (Lipinski definition) is 1. The molecular weight excluding hydrogens is 320 g/mol. The molecule has 0 fully saturated rings. The van der Waals surface area contributed by atoms with Crippen molar-refractivity contribution in [3.63, 3.8) is 0 Å². The summed E-state index contributed by atoms with van der Waals surface area (Å²) in [6, 6.07) is 0.269. The van der Waals surface area contributed by atoms with Crippen LogP contribution in [0.5, 0.6) is 0 Å². The van der Waals surface area contributed by atoms with Crippen LogP contribution in [-0.4, -0.2) is 36.6 Å². The Labute approximate surface area is 137 Å². The number of aryl methyl sites for hydroxylation is 2. The van der Waals surface area contributed by atoms with Crippen molar-refractivity contribution in [3.8, 4) is 0 Å². The molecule has 2 aromatic rings. The van der Waals surface area contributed by atoms with E-state index < -0.39 is 0 Å². The topological polar surface area (TPSA) is 85.6 Å². The smallest absolute Gasteiger partial charge is 0.236 e. The number of rotatable bonds is 7. The Kier molecular flexibility index (Phi) is 5.90. The molecule has 0 aliphatic rings. The fourth-order valence-corrected chi connectivity index (χ4v) is 3.48. The van der Waals surface area contributed by atoms with Crippen LogP contribution in [-0.2, 0) is 17.6 Å². The average Bonchev–Trinajstić information content (AvgIpc) is 3.10. The summed E-state index contributed by atoms with van der Waals surface area (Å²) in [7, 11) is 0. The zero-order valence-corrected chi connectivity index (χ0v) is 14.8. The van der Waals surface area contributed by atoms with Crippen molar-refractivity contribution in [1.82, 2.24) is 25.0 Å². The van der Waals surface area contributed by atoms with Gasteiger partial charge in [-0.2, -0.15) is 0 Å². The van der Waals surface area contributed by atoms with Crippen LogP contribution in [0.15, 0.2) is 5.16 Å². The molecule has 0 saturated heterocycles. The number of carbonyl (C=O) groups is 1. The lowest BCUT2D eigenvalue weighted by atomic mass is 10.3. The quantitative estimate of drug-likeness (QED) is 0.780. The Morgan fingerprint density at radius 1 is 1.23 bits per heavy atom. The van der Waals surface area contributed by atoms with Gasteiger partial charge in [0.1, 0.15) is 10.8 Å².